The maximum atomic E-state index is 13.5. The van der Waals surface area contributed by atoms with E-state index in [0.29, 0.717) is 31.4 Å². The van der Waals surface area contributed by atoms with Crippen LogP contribution in [0.1, 0.15) is 51.9 Å². The minimum Gasteiger partial charge on any atom is -0.386 e. The van der Waals surface area contributed by atoms with E-state index < -0.39 is 6.17 Å². The van der Waals surface area contributed by atoms with Gasteiger partial charge in [0.2, 0.25) is 0 Å². The van der Waals surface area contributed by atoms with Crippen LogP contribution in [0, 0.1) is 0 Å². The largest absolute Gasteiger partial charge is 0.386 e. The van der Waals surface area contributed by atoms with Gasteiger partial charge in [0.1, 0.15) is 12.0 Å². The molecule has 20 heavy (non-hydrogen) atoms. The Labute approximate surface area is 120 Å². The number of alkyl halides is 1. The van der Waals surface area contributed by atoms with E-state index in [1.807, 2.05) is 0 Å². The van der Waals surface area contributed by atoms with E-state index in [0.717, 1.165) is 25.7 Å². The fraction of sp³-hybridized carbons (Fsp3) is 0.750. The minimum atomic E-state index is -0.898. The normalized spacial score (nSPS) is 27.4. The van der Waals surface area contributed by atoms with Gasteiger partial charge in [-0.3, -0.25) is 0 Å². The van der Waals surface area contributed by atoms with Crippen molar-refractivity contribution < 1.29 is 13.5 Å². The number of rotatable bonds is 6. The zero-order chi connectivity index (χ0) is 14.4. The summed E-state index contributed by atoms with van der Waals surface area (Å²) in [5.74, 6) is -0.173. The molecule has 0 fully saturated rings. The van der Waals surface area contributed by atoms with Gasteiger partial charge in [-0.05, 0) is 39.0 Å². The molecule has 0 bridgehead atoms. The molecule has 2 unspecified atom stereocenters. The molecule has 2 aliphatic rings. The van der Waals surface area contributed by atoms with Gasteiger partial charge in [0.25, 0.3) is 0 Å². The number of halogens is 2. The molecule has 2 aliphatic carbocycles. The maximum Gasteiger partial charge on any atom is 0.119 e. The lowest BCUT2D eigenvalue weighted by molar-refractivity contribution is 0.0454. The highest BCUT2D eigenvalue weighted by Gasteiger charge is 2.20. The fourth-order valence-electron chi connectivity index (χ4n) is 2.69. The summed E-state index contributed by atoms with van der Waals surface area (Å²) in [4.78, 5) is 0. The van der Waals surface area contributed by atoms with E-state index in [1.165, 1.54) is 5.57 Å². The zero-order valence-corrected chi connectivity index (χ0v) is 12.3. The molecule has 2 nitrogen and oxygen atoms in total. The fourth-order valence-corrected chi connectivity index (χ4v) is 2.69. The predicted molar refractivity (Wildman–Crippen MR) is 76.8 cm³/mol. The van der Waals surface area contributed by atoms with E-state index in [1.54, 1.807) is 0 Å². The Bertz CT molecular complexity index is 379. The molecule has 0 radical (unpaired) electrons. The smallest absolute Gasteiger partial charge is 0.119 e. The van der Waals surface area contributed by atoms with Crippen molar-refractivity contribution in [3.8, 4) is 0 Å². The third kappa shape index (κ3) is 4.89. The van der Waals surface area contributed by atoms with Crippen molar-refractivity contribution in [2.24, 2.45) is 0 Å². The van der Waals surface area contributed by atoms with Crippen LogP contribution in [0.15, 0.2) is 23.2 Å². The molecule has 0 saturated carbocycles. The van der Waals surface area contributed by atoms with Crippen LogP contribution in [0.25, 0.3) is 0 Å². The molecule has 0 heterocycles. The molecule has 4 heteroatoms. The average molecular weight is 285 g/mol. The third-order valence-corrected chi connectivity index (χ3v) is 4.03. The molecule has 0 amide bonds. The number of ether oxygens (including phenoxy) is 1. The molecule has 1 N–H and O–H groups in total. The zero-order valence-electron chi connectivity index (χ0n) is 12.3. The second-order valence-corrected chi connectivity index (χ2v) is 5.82. The number of hydrogen-bond acceptors (Lipinski definition) is 2. The monoisotopic (exact) mass is 285 g/mol. The Hall–Kier alpha value is -0.900. The Balaban J connectivity index is 1.58. The molecule has 0 spiro atoms. The predicted octanol–water partition coefficient (Wildman–Crippen LogP) is 4.18. The van der Waals surface area contributed by atoms with Crippen LogP contribution in [0.4, 0.5) is 8.78 Å². The molecule has 0 aliphatic heterocycles. The lowest BCUT2D eigenvalue weighted by Crippen LogP contribution is -2.24. The first-order valence-electron chi connectivity index (χ1n) is 7.68. The second-order valence-electron chi connectivity index (χ2n) is 5.82. The van der Waals surface area contributed by atoms with E-state index in [4.69, 9.17) is 4.74 Å². The molecule has 2 rings (SSSR count). The molecular formula is C16H25F2NO. The van der Waals surface area contributed by atoms with Gasteiger partial charge in [-0.2, -0.15) is 0 Å². The van der Waals surface area contributed by atoms with Gasteiger partial charge >= 0.3 is 0 Å². The quantitative estimate of drug-likeness (QED) is 0.584. The minimum absolute atomic E-state index is 0.173. The van der Waals surface area contributed by atoms with Crippen LogP contribution in [0.5, 0.6) is 0 Å². The molecular weight excluding hydrogens is 260 g/mol. The molecule has 114 valence electrons. The number of nitrogens with one attached hydrogen (secondary N) is 1. The van der Waals surface area contributed by atoms with E-state index in [2.05, 4.69) is 18.3 Å². The highest BCUT2D eigenvalue weighted by molar-refractivity contribution is 5.11. The van der Waals surface area contributed by atoms with Crippen LogP contribution >= 0.6 is 0 Å². The molecule has 2 atom stereocenters. The first-order valence-corrected chi connectivity index (χ1v) is 7.68. The van der Waals surface area contributed by atoms with Crippen molar-refractivity contribution in [2.75, 3.05) is 13.2 Å². The lowest BCUT2D eigenvalue weighted by Gasteiger charge is -2.22. The molecule has 0 aromatic heterocycles. The van der Waals surface area contributed by atoms with Crippen LogP contribution in [0.3, 0.4) is 0 Å². The number of allylic oxidation sites excluding steroid dienone is 3. The van der Waals surface area contributed by atoms with E-state index in [-0.39, 0.29) is 18.7 Å². The first-order chi connectivity index (χ1) is 9.65. The summed E-state index contributed by atoms with van der Waals surface area (Å²) in [5, 5.41) is 3.02. The second kappa shape index (κ2) is 7.77. The summed E-state index contributed by atoms with van der Waals surface area (Å²) < 4.78 is 32.5. The van der Waals surface area contributed by atoms with Crippen molar-refractivity contribution in [1.29, 1.82) is 0 Å². The average Bonchev–Trinajstić information content (AvgIpc) is 2.44. The summed E-state index contributed by atoms with van der Waals surface area (Å²) in [7, 11) is 0. The van der Waals surface area contributed by atoms with Crippen molar-refractivity contribution in [3.05, 3.63) is 23.2 Å². The molecule has 0 aromatic carbocycles. The van der Waals surface area contributed by atoms with Gasteiger partial charge in [0, 0.05) is 31.7 Å². The summed E-state index contributed by atoms with van der Waals surface area (Å²) in [6.45, 7) is 3.49. The summed E-state index contributed by atoms with van der Waals surface area (Å²) in [6, 6.07) is 0. The Kier molecular flexibility index (Phi) is 6.02. The van der Waals surface area contributed by atoms with Gasteiger partial charge in [-0.25, -0.2) is 8.78 Å². The van der Waals surface area contributed by atoms with Crippen LogP contribution in [0.2, 0.25) is 0 Å². The van der Waals surface area contributed by atoms with Crippen molar-refractivity contribution in [3.63, 3.8) is 0 Å². The molecule has 0 aromatic rings. The Morgan fingerprint density at radius 3 is 2.95 bits per heavy atom. The van der Waals surface area contributed by atoms with Crippen molar-refractivity contribution in [1.82, 2.24) is 5.32 Å². The molecule has 0 saturated heterocycles. The van der Waals surface area contributed by atoms with Gasteiger partial charge in [-0.15, -0.1) is 0 Å². The van der Waals surface area contributed by atoms with Crippen molar-refractivity contribution >= 4 is 0 Å². The maximum absolute atomic E-state index is 13.5. The Morgan fingerprint density at radius 2 is 2.20 bits per heavy atom. The standard InChI is InChI=1S/C16H25F2NO/c1-12-3-6-14(7-4-12)20-10-2-9-19-16-11-13(17)5-8-15(16)18/h3,13-14,19H,2,4-11H2,1H3. The van der Waals surface area contributed by atoms with Gasteiger partial charge < -0.3 is 10.1 Å². The first kappa shape index (κ1) is 15.5. The van der Waals surface area contributed by atoms with E-state index in [9.17, 15) is 8.78 Å². The van der Waals surface area contributed by atoms with Crippen LogP contribution in [-0.2, 0) is 4.74 Å². The third-order valence-electron chi connectivity index (χ3n) is 4.03. The SMILES string of the molecule is CC1=CCC(OCCCNC2=C(F)CCC(F)C2)CC1. The van der Waals surface area contributed by atoms with E-state index >= 15 is 0 Å². The van der Waals surface area contributed by atoms with Gasteiger partial charge in [-0.1, -0.05) is 11.6 Å². The van der Waals surface area contributed by atoms with Crippen molar-refractivity contribution in [2.45, 2.75) is 64.1 Å². The summed E-state index contributed by atoms with van der Waals surface area (Å²) in [5.41, 5.74) is 1.91. The summed E-state index contributed by atoms with van der Waals surface area (Å²) in [6.07, 6.45) is 6.47. The van der Waals surface area contributed by atoms with Gasteiger partial charge in [0.05, 0.1) is 6.10 Å². The van der Waals surface area contributed by atoms with Crippen LogP contribution < -0.4 is 5.32 Å². The summed E-state index contributed by atoms with van der Waals surface area (Å²) >= 11 is 0. The topological polar surface area (TPSA) is 21.3 Å². The lowest BCUT2D eigenvalue weighted by atomic mass is 9.98. The Morgan fingerprint density at radius 1 is 1.35 bits per heavy atom. The highest BCUT2D eigenvalue weighted by atomic mass is 19.1. The highest BCUT2D eigenvalue weighted by Crippen LogP contribution is 2.26. The van der Waals surface area contributed by atoms with Crippen LogP contribution in [-0.4, -0.2) is 25.4 Å². The number of hydrogen-bond donors (Lipinski definition) is 1. The van der Waals surface area contributed by atoms with Gasteiger partial charge in [0.15, 0.2) is 0 Å².